The van der Waals surface area contributed by atoms with Crippen LogP contribution in [0.4, 0.5) is 4.79 Å². The molecular weight excluding hydrogens is 522 g/mol. The fourth-order valence-corrected chi connectivity index (χ4v) is 5.25. The number of aromatic nitrogens is 1. The van der Waals surface area contributed by atoms with Gasteiger partial charge in [-0.15, -0.1) is 11.3 Å². The quantitative estimate of drug-likeness (QED) is 0.558. The Morgan fingerprint density at radius 3 is 2.31 bits per heavy atom. The Morgan fingerprint density at radius 2 is 1.75 bits per heavy atom. The Hall–Kier alpha value is -1.76. The third-order valence-corrected chi connectivity index (χ3v) is 7.01. The minimum absolute atomic E-state index is 0.264. The molecule has 2 rings (SSSR count). The molecule has 2 aromatic rings. The van der Waals surface area contributed by atoms with E-state index in [0.29, 0.717) is 10.2 Å². The second-order valence-corrected chi connectivity index (χ2v) is 12.9. The van der Waals surface area contributed by atoms with E-state index in [1.54, 1.807) is 66.7 Å². The van der Waals surface area contributed by atoms with Gasteiger partial charge >= 0.3 is 6.09 Å². The molecule has 0 unspecified atom stereocenters. The van der Waals surface area contributed by atoms with Crippen molar-refractivity contribution in [1.29, 1.82) is 0 Å². The first-order valence-corrected chi connectivity index (χ1v) is 12.9. The van der Waals surface area contributed by atoms with Gasteiger partial charge in [0, 0.05) is 4.47 Å². The first-order chi connectivity index (χ1) is 14.5. The number of fused-ring (bicyclic) bond motifs is 1. The van der Waals surface area contributed by atoms with Crippen LogP contribution in [0, 0.1) is 0 Å². The molecule has 9 nitrogen and oxygen atoms in total. The maximum Gasteiger partial charge on any atom is 0.408 e. The van der Waals surface area contributed by atoms with Crippen molar-refractivity contribution in [3.8, 4) is 0 Å². The summed E-state index contributed by atoms with van der Waals surface area (Å²) >= 11 is 4.24. The van der Waals surface area contributed by atoms with Crippen LogP contribution in [0.3, 0.4) is 0 Å². The van der Waals surface area contributed by atoms with Gasteiger partial charge in [-0.3, -0.25) is 4.79 Å². The summed E-state index contributed by atoms with van der Waals surface area (Å²) in [4.78, 5) is 29.4. The number of ether oxygens (including phenoxy) is 2. The molecule has 0 radical (unpaired) electrons. The molecule has 2 N–H and O–H groups in total. The van der Waals surface area contributed by atoms with Crippen molar-refractivity contribution in [3.05, 3.63) is 22.7 Å². The molecule has 12 heteroatoms. The van der Waals surface area contributed by atoms with Gasteiger partial charge in [0.05, 0.1) is 21.9 Å². The van der Waals surface area contributed by atoms with Gasteiger partial charge in [0.15, 0.2) is 0 Å². The smallest absolute Gasteiger partial charge is 0.408 e. The molecule has 1 heterocycles. The molecule has 0 fully saturated rings. The number of rotatable bonds is 6. The van der Waals surface area contributed by atoms with E-state index >= 15 is 0 Å². The predicted molar refractivity (Wildman–Crippen MR) is 126 cm³/mol. The number of sulfonamides is 1. The lowest BCUT2D eigenvalue weighted by Crippen LogP contribution is -2.56. The van der Waals surface area contributed by atoms with Crippen molar-refractivity contribution in [3.63, 3.8) is 0 Å². The van der Waals surface area contributed by atoms with Crippen LogP contribution in [0.2, 0.25) is 0 Å². The lowest BCUT2D eigenvalue weighted by molar-refractivity contribution is -0.129. The number of halogens is 1. The minimum Gasteiger partial charge on any atom is -0.444 e. The summed E-state index contributed by atoms with van der Waals surface area (Å²) in [6.45, 7) is 11.9. The van der Waals surface area contributed by atoms with Crippen molar-refractivity contribution in [2.75, 3.05) is 0 Å². The number of hydrogen-bond donors (Lipinski definition) is 2. The molecule has 32 heavy (non-hydrogen) atoms. The summed E-state index contributed by atoms with van der Waals surface area (Å²) < 4.78 is 39.8. The van der Waals surface area contributed by atoms with Crippen LogP contribution in [0.5, 0.6) is 0 Å². The van der Waals surface area contributed by atoms with Crippen LogP contribution in [-0.4, -0.2) is 48.8 Å². The van der Waals surface area contributed by atoms with E-state index < -0.39 is 45.4 Å². The van der Waals surface area contributed by atoms with Crippen molar-refractivity contribution >= 4 is 59.5 Å². The molecular formula is C20H28BrN3O6S2. The highest BCUT2D eigenvalue weighted by Crippen LogP contribution is 2.27. The van der Waals surface area contributed by atoms with Gasteiger partial charge in [0.1, 0.15) is 11.6 Å². The van der Waals surface area contributed by atoms with Gasteiger partial charge in [-0.05, 0) is 66.7 Å². The highest BCUT2D eigenvalue weighted by Gasteiger charge is 2.35. The minimum atomic E-state index is -4.28. The number of benzene rings is 1. The SMILES string of the molecule is C[C@@H](OC(C)(C)C)[C@H](NC(=O)OC(C)(C)C)C(=O)NS(=O)(=O)c1nc2cc(Br)ccc2s1. The van der Waals surface area contributed by atoms with E-state index in [1.807, 2.05) is 4.72 Å². The maximum absolute atomic E-state index is 13.0. The molecule has 1 aromatic carbocycles. The molecule has 0 aliphatic rings. The van der Waals surface area contributed by atoms with E-state index in [0.717, 1.165) is 15.8 Å². The lowest BCUT2D eigenvalue weighted by Gasteiger charge is -2.31. The summed E-state index contributed by atoms with van der Waals surface area (Å²) in [6.07, 6.45) is -1.73. The molecule has 0 aliphatic heterocycles. The van der Waals surface area contributed by atoms with Gasteiger partial charge in [-0.25, -0.2) is 14.5 Å². The molecule has 0 aliphatic carbocycles. The Balaban J connectivity index is 2.28. The monoisotopic (exact) mass is 549 g/mol. The van der Waals surface area contributed by atoms with E-state index in [4.69, 9.17) is 9.47 Å². The number of nitrogens with one attached hydrogen (secondary N) is 2. The van der Waals surface area contributed by atoms with Gasteiger partial charge in [0.25, 0.3) is 15.9 Å². The average molecular weight is 550 g/mol. The highest BCUT2D eigenvalue weighted by atomic mass is 79.9. The van der Waals surface area contributed by atoms with Crippen LogP contribution in [0.1, 0.15) is 48.5 Å². The number of nitrogens with zero attached hydrogens (tertiary/aromatic N) is 1. The summed E-state index contributed by atoms with van der Waals surface area (Å²) in [5, 5.41) is 2.42. The zero-order chi connectivity index (χ0) is 24.5. The summed E-state index contributed by atoms with van der Waals surface area (Å²) in [5.41, 5.74) is -0.974. The third-order valence-electron chi connectivity index (χ3n) is 3.76. The lowest BCUT2D eigenvalue weighted by atomic mass is 10.1. The van der Waals surface area contributed by atoms with E-state index in [1.165, 1.54) is 0 Å². The van der Waals surface area contributed by atoms with Crippen LogP contribution < -0.4 is 10.0 Å². The number of carbonyl (C=O) groups excluding carboxylic acids is 2. The van der Waals surface area contributed by atoms with Crippen molar-refractivity contribution in [2.24, 2.45) is 0 Å². The highest BCUT2D eigenvalue weighted by molar-refractivity contribution is 9.10. The largest absolute Gasteiger partial charge is 0.444 e. The van der Waals surface area contributed by atoms with Crippen molar-refractivity contribution < 1.29 is 27.5 Å². The van der Waals surface area contributed by atoms with E-state index in [9.17, 15) is 18.0 Å². The first-order valence-electron chi connectivity index (χ1n) is 9.77. The van der Waals surface area contributed by atoms with Crippen molar-refractivity contribution in [1.82, 2.24) is 15.0 Å². The number of alkyl carbamates (subject to hydrolysis) is 1. The number of thiazole rings is 1. The molecule has 2 atom stereocenters. The third kappa shape index (κ3) is 7.68. The molecule has 0 spiro atoms. The molecule has 0 bridgehead atoms. The normalized spacial score (nSPS) is 14.6. The maximum atomic E-state index is 13.0. The number of carbonyl (C=O) groups is 2. The fourth-order valence-electron chi connectivity index (χ4n) is 2.69. The standard InChI is InChI=1S/C20H28BrN3O6S2/c1-11(29-19(2,3)4)15(23-17(26)30-20(5,6)7)16(25)24-32(27,28)18-22-13-10-12(21)8-9-14(13)31-18/h8-11,15H,1-7H3,(H,23,26)(H,24,25)/t11-,15+/m1/s1. The molecule has 178 valence electrons. The van der Waals surface area contributed by atoms with E-state index in [2.05, 4.69) is 26.2 Å². The molecule has 2 amide bonds. The Kier molecular flexibility index (Phi) is 7.96. The summed E-state index contributed by atoms with van der Waals surface area (Å²) in [5.74, 6) is -0.965. The van der Waals surface area contributed by atoms with Gasteiger partial charge in [0.2, 0.25) is 4.34 Å². The predicted octanol–water partition coefficient (Wildman–Crippen LogP) is 3.96. The van der Waals surface area contributed by atoms with Crippen molar-refractivity contribution in [2.45, 2.75) is 76.2 Å². The summed E-state index contributed by atoms with van der Waals surface area (Å²) in [7, 11) is -4.28. The number of amides is 2. The molecule has 0 saturated carbocycles. The second-order valence-electron chi connectivity index (χ2n) is 9.12. The zero-order valence-corrected chi connectivity index (χ0v) is 22.2. The zero-order valence-electron chi connectivity index (χ0n) is 19.0. The first kappa shape index (κ1) is 26.5. The average Bonchev–Trinajstić information content (AvgIpc) is 3.00. The Morgan fingerprint density at radius 1 is 1.12 bits per heavy atom. The van der Waals surface area contributed by atoms with Crippen LogP contribution >= 0.6 is 27.3 Å². The van der Waals surface area contributed by atoms with Crippen LogP contribution in [0.15, 0.2) is 27.0 Å². The number of hydrogen-bond acceptors (Lipinski definition) is 8. The van der Waals surface area contributed by atoms with Gasteiger partial charge < -0.3 is 14.8 Å². The topological polar surface area (TPSA) is 124 Å². The van der Waals surface area contributed by atoms with Crippen LogP contribution in [0.25, 0.3) is 10.2 Å². The second kappa shape index (κ2) is 9.62. The molecule has 1 aromatic heterocycles. The van der Waals surface area contributed by atoms with Crippen LogP contribution in [-0.2, 0) is 24.3 Å². The van der Waals surface area contributed by atoms with E-state index in [-0.39, 0.29) is 4.34 Å². The Labute approximate surface area is 200 Å². The fraction of sp³-hybridized carbons (Fsp3) is 0.550. The van der Waals surface area contributed by atoms with Gasteiger partial charge in [-0.1, -0.05) is 15.9 Å². The summed E-state index contributed by atoms with van der Waals surface area (Å²) in [6, 6.07) is 3.84. The van der Waals surface area contributed by atoms with Gasteiger partial charge in [-0.2, -0.15) is 8.42 Å². The molecule has 0 saturated heterocycles. The Bertz CT molecular complexity index is 1100.